The number of carbonyl (C=O) groups is 1. The fourth-order valence-electron chi connectivity index (χ4n) is 3.30. The van der Waals surface area contributed by atoms with E-state index < -0.39 is 0 Å². The molecule has 0 spiro atoms. The molecule has 2 unspecified atom stereocenters. The van der Waals surface area contributed by atoms with Crippen LogP contribution in [-0.4, -0.2) is 29.9 Å². The third kappa shape index (κ3) is 4.29. The molecule has 1 aromatic carbocycles. The molecule has 1 aromatic rings. The molecule has 21 heavy (non-hydrogen) atoms. The molecule has 0 bridgehead atoms. The van der Waals surface area contributed by atoms with Crippen molar-refractivity contribution in [2.24, 2.45) is 5.84 Å². The first-order valence-corrected chi connectivity index (χ1v) is 8.05. The highest BCUT2D eigenvalue weighted by atomic mass is 16.2. The molecule has 1 aliphatic heterocycles. The molecule has 1 saturated heterocycles. The average molecular weight is 289 g/mol. The van der Waals surface area contributed by atoms with Crippen LogP contribution in [0.5, 0.6) is 0 Å². The summed E-state index contributed by atoms with van der Waals surface area (Å²) in [5.74, 6) is 5.11. The van der Waals surface area contributed by atoms with Crippen molar-refractivity contribution < 1.29 is 4.79 Å². The van der Waals surface area contributed by atoms with Gasteiger partial charge in [0.2, 0.25) is 5.91 Å². The predicted octanol–water partition coefficient (Wildman–Crippen LogP) is 2.41. The number of rotatable bonds is 5. The Labute approximate surface area is 127 Å². The number of hydrazine groups is 1. The lowest BCUT2D eigenvalue weighted by Crippen LogP contribution is -2.43. The Morgan fingerprint density at radius 1 is 1.33 bits per heavy atom. The van der Waals surface area contributed by atoms with Crippen LogP contribution in [0.4, 0.5) is 0 Å². The summed E-state index contributed by atoms with van der Waals surface area (Å²) in [5.41, 5.74) is 3.38. The van der Waals surface area contributed by atoms with E-state index in [4.69, 9.17) is 5.84 Å². The maximum Gasteiger partial charge on any atom is 0.242 e. The fraction of sp³-hybridized carbons (Fsp3) is 0.588. The Morgan fingerprint density at radius 3 is 2.76 bits per heavy atom. The van der Waals surface area contributed by atoms with E-state index in [1.165, 1.54) is 25.7 Å². The normalized spacial score (nSPS) is 21.5. The zero-order valence-corrected chi connectivity index (χ0v) is 12.9. The smallest absolute Gasteiger partial charge is 0.242 e. The monoisotopic (exact) mass is 289 g/mol. The molecule has 1 heterocycles. The summed E-state index contributed by atoms with van der Waals surface area (Å²) < 4.78 is 0. The highest BCUT2D eigenvalue weighted by Crippen LogP contribution is 2.24. The fourth-order valence-corrected chi connectivity index (χ4v) is 3.30. The van der Waals surface area contributed by atoms with Crippen molar-refractivity contribution in [3.8, 4) is 0 Å². The molecular weight excluding hydrogens is 262 g/mol. The molecule has 0 saturated carbocycles. The van der Waals surface area contributed by atoms with Gasteiger partial charge in [-0.2, -0.15) is 0 Å². The number of benzene rings is 1. The third-order valence-corrected chi connectivity index (χ3v) is 4.55. The summed E-state index contributed by atoms with van der Waals surface area (Å²) >= 11 is 0. The van der Waals surface area contributed by atoms with E-state index in [0.29, 0.717) is 6.04 Å². The number of hydrogen-bond donors (Lipinski definition) is 2. The molecule has 1 aliphatic rings. The van der Waals surface area contributed by atoms with Crippen molar-refractivity contribution in [1.29, 1.82) is 0 Å². The van der Waals surface area contributed by atoms with Crippen molar-refractivity contribution >= 4 is 5.91 Å². The lowest BCUT2D eigenvalue weighted by Gasteiger charge is -2.32. The maximum absolute atomic E-state index is 12.2. The first kappa shape index (κ1) is 16.0. The summed E-state index contributed by atoms with van der Waals surface area (Å²) in [6.45, 7) is 4.08. The summed E-state index contributed by atoms with van der Waals surface area (Å²) in [5, 5.41) is 0. The minimum atomic E-state index is -0.191. The van der Waals surface area contributed by atoms with Gasteiger partial charge in [-0.1, -0.05) is 50.1 Å². The number of nitrogens with one attached hydrogen (secondary N) is 1. The Hall–Kier alpha value is -1.39. The van der Waals surface area contributed by atoms with E-state index in [1.807, 2.05) is 30.3 Å². The van der Waals surface area contributed by atoms with E-state index in [0.717, 1.165) is 25.1 Å². The second-order valence-electron chi connectivity index (χ2n) is 5.88. The van der Waals surface area contributed by atoms with Crippen molar-refractivity contribution in [1.82, 2.24) is 10.3 Å². The van der Waals surface area contributed by atoms with Crippen LogP contribution in [0.3, 0.4) is 0 Å². The van der Waals surface area contributed by atoms with Crippen molar-refractivity contribution in [2.45, 2.75) is 51.0 Å². The Kier molecular flexibility index (Phi) is 6.21. The number of nitrogens with zero attached hydrogens (tertiary/aromatic N) is 1. The molecule has 0 radical (unpaired) electrons. The van der Waals surface area contributed by atoms with Gasteiger partial charge in [-0.3, -0.25) is 15.1 Å². The molecule has 3 N–H and O–H groups in total. The van der Waals surface area contributed by atoms with E-state index in [-0.39, 0.29) is 11.8 Å². The highest BCUT2D eigenvalue weighted by Gasteiger charge is 2.27. The Balaban J connectivity index is 2.15. The topological polar surface area (TPSA) is 58.4 Å². The maximum atomic E-state index is 12.2. The quantitative estimate of drug-likeness (QED) is 0.497. The second-order valence-corrected chi connectivity index (χ2v) is 5.88. The standard InChI is InChI=1S/C17H27N3O/c1-2-15-11-7-4-8-12-20(15)13-16(17(21)19-18)14-9-5-3-6-10-14/h3,5-6,9-10,15-16H,2,4,7-8,11-13,18H2,1H3,(H,19,21). The molecule has 116 valence electrons. The molecule has 1 amide bonds. The summed E-state index contributed by atoms with van der Waals surface area (Å²) in [7, 11) is 0. The van der Waals surface area contributed by atoms with Gasteiger partial charge in [0.1, 0.15) is 0 Å². The van der Waals surface area contributed by atoms with Crippen LogP contribution in [0, 0.1) is 0 Å². The van der Waals surface area contributed by atoms with Crippen LogP contribution in [0.25, 0.3) is 0 Å². The van der Waals surface area contributed by atoms with Crippen molar-refractivity contribution in [2.75, 3.05) is 13.1 Å². The van der Waals surface area contributed by atoms with E-state index in [1.54, 1.807) is 0 Å². The first-order chi connectivity index (χ1) is 10.3. The van der Waals surface area contributed by atoms with Crippen molar-refractivity contribution in [3.63, 3.8) is 0 Å². The number of amides is 1. The molecular formula is C17H27N3O. The van der Waals surface area contributed by atoms with Gasteiger partial charge in [-0.15, -0.1) is 0 Å². The second kappa shape index (κ2) is 8.15. The molecule has 4 nitrogen and oxygen atoms in total. The molecule has 2 atom stereocenters. The van der Waals surface area contributed by atoms with Crippen LogP contribution in [0.15, 0.2) is 30.3 Å². The number of hydrogen-bond acceptors (Lipinski definition) is 3. The number of carbonyl (C=O) groups excluding carboxylic acids is 1. The van der Waals surface area contributed by atoms with E-state index in [2.05, 4.69) is 17.2 Å². The lowest BCUT2D eigenvalue weighted by atomic mass is 9.96. The van der Waals surface area contributed by atoms with Gasteiger partial charge in [-0.05, 0) is 31.4 Å². The summed E-state index contributed by atoms with van der Waals surface area (Å²) in [6.07, 6.45) is 6.20. The summed E-state index contributed by atoms with van der Waals surface area (Å²) in [4.78, 5) is 14.7. The van der Waals surface area contributed by atoms with Crippen LogP contribution >= 0.6 is 0 Å². The molecule has 2 rings (SSSR count). The zero-order chi connectivity index (χ0) is 15.1. The summed E-state index contributed by atoms with van der Waals surface area (Å²) in [6, 6.07) is 10.5. The van der Waals surface area contributed by atoms with Gasteiger partial charge in [0.25, 0.3) is 0 Å². The van der Waals surface area contributed by atoms with Gasteiger partial charge in [-0.25, -0.2) is 5.84 Å². The van der Waals surface area contributed by atoms with Crippen LogP contribution in [0.1, 0.15) is 50.5 Å². The predicted molar refractivity (Wildman–Crippen MR) is 85.6 cm³/mol. The Bertz CT molecular complexity index is 435. The van der Waals surface area contributed by atoms with E-state index >= 15 is 0 Å². The Morgan fingerprint density at radius 2 is 2.10 bits per heavy atom. The van der Waals surface area contributed by atoms with Crippen LogP contribution in [-0.2, 0) is 4.79 Å². The van der Waals surface area contributed by atoms with E-state index in [9.17, 15) is 4.79 Å². The SMILES string of the molecule is CCC1CCCCCN1CC(C(=O)NN)c1ccccc1. The third-order valence-electron chi connectivity index (χ3n) is 4.55. The van der Waals surface area contributed by atoms with Gasteiger partial charge in [0.05, 0.1) is 5.92 Å². The molecule has 0 aliphatic carbocycles. The average Bonchev–Trinajstić information content (AvgIpc) is 2.77. The highest BCUT2D eigenvalue weighted by molar-refractivity contribution is 5.83. The van der Waals surface area contributed by atoms with Crippen LogP contribution in [0.2, 0.25) is 0 Å². The molecule has 1 fully saturated rings. The lowest BCUT2D eigenvalue weighted by molar-refractivity contribution is -0.123. The van der Waals surface area contributed by atoms with Gasteiger partial charge >= 0.3 is 0 Å². The van der Waals surface area contributed by atoms with Crippen molar-refractivity contribution in [3.05, 3.63) is 35.9 Å². The zero-order valence-electron chi connectivity index (χ0n) is 12.9. The van der Waals surface area contributed by atoms with Crippen LogP contribution < -0.4 is 11.3 Å². The minimum absolute atomic E-state index is 0.0969. The molecule has 4 heteroatoms. The number of nitrogens with two attached hydrogens (primary N) is 1. The minimum Gasteiger partial charge on any atom is -0.299 e. The first-order valence-electron chi connectivity index (χ1n) is 8.05. The largest absolute Gasteiger partial charge is 0.299 e. The number of likely N-dealkylation sites (tertiary alicyclic amines) is 1. The van der Waals surface area contributed by atoms with Gasteiger partial charge in [0, 0.05) is 12.6 Å². The van der Waals surface area contributed by atoms with Gasteiger partial charge < -0.3 is 0 Å². The molecule has 0 aromatic heterocycles. The van der Waals surface area contributed by atoms with Gasteiger partial charge in [0.15, 0.2) is 0 Å².